The molecule has 98 valence electrons. The Labute approximate surface area is 117 Å². The molecule has 1 unspecified atom stereocenters. The molecule has 1 heterocycles. The van der Waals surface area contributed by atoms with E-state index in [4.69, 9.17) is 11.6 Å². The zero-order valence-corrected chi connectivity index (χ0v) is 11.4. The fourth-order valence-corrected chi connectivity index (χ4v) is 2.08. The lowest BCUT2D eigenvalue weighted by Gasteiger charge is -2.14. The molecule has 0 saturated heterocycles. The first-order valence-electron chi connectivity index (χ1n) is 6.12. The summed E-state index contributed by atoms with van der Waals surface area (Å²) < 4.78 is 0. The van der Waals surface area contributed by atoms with Gasteiger partial charge in [-0.1, -0.05) is 29.8 Å². The van der Waals surface area contributed by atoms with Crippen molar-refractivity contribution in [3.05, 3.63) is 59.4 Å². The topological polar surface area (TPSA) is 42.0 Å². The van der Waals surface area contributed by atoms with E-state index in [0.29, 0.717) is 12.0 Å². The standard InChI is InChI=1S/C15H15ClN2O/c1-11(18-12-6-3-2-4-7-12)10-14(19)13-8-5-9-17-15(13)16/h2-9,11,18H,10H2,1H3. The van der Waals surface area contributed by atoms with Gasteiger partial charge in [-0.3, -0.25) is 4.79 Å². The predicted molar refractivity (Wildman–Crippen MR) is 77.7 cm³/mol. The molecule has 0 aliphatic carbocycles. The van der Waals surface area contributed by atoms with Crippen LogP contribution in [0.1, 0.15) is 23.7 Å². The van der Waals surface area contributed by atoms with Crippen molar-refractivity contribution in [2.75, 3.05) is 5.32 Å². The summed E-state index contributed by atoms with van der Waals surface area (Å²) in [5.41, 5.74) is 1.48. The second-order valence-electron chi connectivity index (χ2n) is 4.38. The van der Waals surface area contributed by atoms with Crippen LogP contribution in [0.4, 0.5) is 5.69 Å². The van der Waals surface area contributed by atoms with Crippen LogP contribution in [0.5, 0.6) is 0 Å². The van der Waals surface area contributed by atoms with E-state index in [1.54, 1.807) is 18.3 Å². The van der Waals surface area contributed by atoms with E-state index in [-0.39, 0.29) is 17.0 Å². The van der Waals surface area contributed by atoms with E-state index in [1.807, 2.05) is 37.3 Å². The number of nitrogens with zero attached hydrogens (tertiary/aromatic N) is 1. The van der Waals surface area contributed by atoms with Crippen molar-refractivity contribution in [2.45, 2.75) is 19.4 Å². The van der Waals surface area contributed by atoms with Gasteiger partial charge in [-0.05, 0) is 31.2 Å². The van der Waals surface area contributed by atoms with Gasteiger partial charge >= 0.3 is 0 Å². The summed E-state index contributed by atoms with van der Waals surface area (Å²) in [6.07, 6.45) is 1.95. The van der Waals surface area contributed by atoms with Gasteiger partial charge in [0.05, 0.1) is 5.56 Å². The number of carbonyl (C=O) groups is 1. The number of rotatable bonds is 5. The third-order valence-electron chi connectivity index (χ3n) is 2.74. The highest BCUT2D eigenvalue weighted by Gasteiger charge is 2.14. The van der Waals surface area contributed by atoms with Gasteiger partial charge in [-0.2, -0.15) is 0 Å². The Kier molecular flexibility index (Phi) is 4.53. The predicted octanol–water partition coefficient (Wildman–Crippen LogP) is 3.81. The fourth-order valence-electron chi connectivity index (χ4n) is 1.85. The molecule has 1 atom stereocenters. The molecular formula is C15H15ClN2O. The first-order valence-corrected chi connectivity index (χ1v) is 6.50. The largest absolute Gasteiger partial charge is 0.382 e. The zero-order valence-electron chi connectivity index (χ0n) is 10.6. The van der Waals surface area contributed by atoms with Crippen molar-refractivity contribution in [1.82, 2.24) is 4.98 Å². The molecule has 1 aromatic heterocycles. The Morgan fingerprint density at radius 1 is 1.26 bits per heavy atom. The third kappa shape index (κ3) is 3.80. The van der Waals surface area contributed by atoms with E-state index in [2.05, 4.69) is 10.3 Å². The normalized spacial score (nSPS) is 11.9. The number of carbonyl (C=O) groups excluding carboxylic acids is 1. The molecule has 0 amide bonds. The molecule has 2 rings (SSSR count). The number of hydrogen-bond acceptors (Lipinski definition) is 3. The smallest absolute Gasteiger partial charge is 0.168 e. The second kappa shape index (κ2) is 6.34. The number of nitrogens with one attached hydrogen (secondary N) is 1. The molecule has 0 fully saturated rings. The molecule has 0 spiro atoms. The second-order valence-corrected chi connectivity index (χ2v) is 4.74. The fraction of sp³-hybridized carbons (Fsp3) is 0.200. The third-order valence-corrected chi connectivity index (χ3v) is 3.04. The maximum Gasteiger partial charge on any atom is 0.168 e. The molecule has 19 heavy (non-hydrogen) atoms. The highest BCUT2D eigenvalue weighted by molar-refractivity contribution is 6.32. The summed E-state index contributed by atoms with van der Waals surface area (Å²) in [4.78, 5) is 16.0. The number of aromatic nitrogens is 1. The molecule has 0 saturated carbocycles. The lowest BCUT2D eigenvalue weighted by atomic mass is 10.1. The van der Waals surface area contributed by atoms with Gasteiger partial charge < -0.3 is 5.32 Å². The number of benzene rings is 1. The lowest BCUT2D eigenvalue weighted by Crippen LogP contribution is -2.20. The van der Waals surface area contributed by atoms with E-state index >= 15 is 0 Å². The van der Waals surface area contributed by atoms with Crippen LogP contribution in [0.25, 0.3) is 0 Å². The van der Waals surface area contributed by atoms with Gasteiger partial charge in [0.1, 0.15) is 5.15 Å². The Morgan fingerprint density at radius 2 is 2.00 bits per heavy atom. The monoisotopic (exact) mass is 274 g/mol. The van der Waals surface area contributed by atoms with Crippen LogP contribution in [-0.2, 0) is 0 Å². The van der Waals surface area contributed by atoms with Crippen LogP contribution in [0.3, 0.4) is 0 Å². The highest BCUT2D eigenvalue weighted by atomic mass is 35.5. The van der Waals surface area contributed by atoms with Crippen molar-refractivity contribution in [3.63, 3.8) is 0 Å². The SMILES string of the molecule is CC(CC(=O)c1cccnc1Cl)Nc1ccccc1. The lowest BCUT2D eigenvalue weighted by molar-refractivity contribution is 0.0978. The number of ketones is 1. The molecule has 0 radical (unpaired) electrons. The molecular weight excluding hydrogens is 260 g/mol. The minimum absolute atomic E-state index is 0.00553. The van der Waals surface area contributed by atoms with Gasteiger partial charge in [0.2, 0.25) is 0 Å². The summed E-state index contributed by atoms with van der Waals surface area (Å²) >= 11 is 5.91. The molecule has 1 N–H and O–H groups in total. The minimum Gasteiger partial charge on any atom is -0.382 e. The maximum atomic E-state index is 12.1. The van der Waals surface area contributed by atoms with Crippen LogP contribution >= 0.6 is 11.6 Å². The molecule has 1 aromatic carbocycles. The summed E-state index contributed by atoms with van der Waals surface area (Å²) in [7, 11) is 0. The number of anilines is 1. The average molecular weight is 275 g/mol. The van der Waals surface area contributed by atoms with Gasteiger partial charge in [-0.25, -0.2) is 4.98 Å². The maximum absolute atomic E-state index is 12.1. The summed E-state index contributed by atoms with van der Waals surface area (Å²) in [6.45, 7) is 1.97. The van der Waals surface area contributed by atoms with E-state index in [9.17, 15) is 4.79 Å². The van der Waals surface area contributed by atoms with Gasteiger partial charge in [0.15, 0.2) is 5.78 Å². The molecule has 2 aromatic rings. The number of pyridine rings is 1. The van der Waals surface area contributed by atoms with Gasteiger partial charge in [0, 0.05) is 24.3 Å². The van der Waals surface area contributed by atoms with Crippen LogP contribution in [0, 0.1) is 0 Å². The quantitative estimate of drug-likeness (QED) is 0.666. The van der Waals surface area contributed by atoms with Gasteiger partial charge in [-0.15, -0.1) is 0 Å². The van der Waals surface area contributed by atoms with Crippen molar-refractivity contribution in [3.8, 4) is 0 Å². The number of halogens is 1. The number of para-hydroxylation sites is 1. The molecule has 0 aliphatic heterocycles. The molecule has 4 heteroatoms. The van der Waals surface area contributed by atoms with Crippen molar-refractivity contribution < 1.29 is 4.79 Å². The molecule has 0 bridgehead atoms. The zero-order chi connectivity index (χ0) is 13.7. The van der Waals surface area contributed by atoms with Crippen molar-refractivity contribution in [1.29, 1.82) is 0 Å². The van der Waals surface area contributed by atoms with E-state index in [1.165, 1.54) is 0 Å². The minimum atomic E-state index is -0.00553. The summed E-state index contributed by atoms with van der Waals surface area (Å²) in [5.74, 6) is -0.00553. The highest BCUT2D eigenvalue weighted by Crippen LogP contribution is 2.16. The van der Waals surface area contributed by atoms with Crippen LogP contribution in [0.15, 0.2) is 48.7 Å². The summed E-state index contributed by atoms with van der Waals surface area (Å²) in [5, 5.41) is 3.54. The Morgan fingerprint density at radius 3 is 2.68 bits per heavy atom. The van der Waals surface area contributed by atoms with Crippen molar-refractivity contribution in [2.24, 2.45) is 0 Å². The number of Topliss-reactive ketones (excluding diaryl/α,β-unsaturated/α-hetero) is 1. The first-order chi connectivity index (χ1) is 9.16. The molecule has 3 nitrogen and oxygen atoms in total. The van der Waals surface area contributed by atoms with Gasteiger partial charge in [0.25, 0.3) is 0 Å². The van der Waals surface area contributed by atoms with Crippen LogP contribution in [0.2, 0.25) is 5.15 Å². The Balaban J connectivity index is 1.98. The Hall–Kier alpha value is -1.87. The van der Waals surface area contributed by atoms with E-state index < -0.39 is 0 Å². The first kappa shape index (κ1) is 13.6. The van der Waals surface area contributed by atoms with Crippen LogP contribution in [-0.4, -0.2) is 16.8 Å². The van der Waals surface area contributed by atoms with E-state index in [0.717, 1.165) is 5.69 Å². The average Bonchev–Trinajstić information content (AvgIpc) is 2.40. The molecule has 0 aliphatic rings. The van der Waals surface area contributed by atoms with Crippen LogP contribution < -0.4 is 5.32 Å². The number of hydrogen-bond donors (Lipinski definition) is 1. The van der Waals surface area contributed by atoms with Crippen molar-refractivity contribution >= 4 is 23.1 Å². The Bertz CT molecular complexity index is 557. The summed E-state index contributed by atoms with van der Waals surface area (Å²) in [6, 6.07) is 13.3.